The van der Waals surface area contributed by atoms with E-state index in [2.05, 4.69) is 21.2 Å². The molecule has 0 aliphatic heterocycles. The van der Waals surface area contributed by atoms with Gasteiger partial charge in [0.2, 0.25) is 0 Å². The van der Waals surface area contributed by atoms with Gasteiger partial charge in [0, 0.05) is 11.8 Å². The van der Waals surface area contributed by atoms with E-state index in [-0.39, 0.29) is 11.4 Å². The highest BCUT2D eigenvalue weighted by molar-refractivity contribution is 9.10. The zero-order valence-electron chi connectivity index (χ0n) is 11.4. The van der Waals surface area contributed by atoms with Crippen molar-refractivity contribution < 1.29 is 22.7 Å². The molecular weight excluding hydrogens is 363 g/mol. The molecule has 116 valence electrons. The topological polar surface area (TPSA) is 38.3 Å². The summed E-state index contributed by atoms with van der Waals surface area (Å²) in [6.07, 6.45) is -0.921. The van der Waals surface area contributed by atoms with Gasteiger partial charge in [-0.1, -0.05) is 0 Å². The van der Waals surface area contributed by atoms with Crippen LogP contribution >= 0.6 is 15.9 Å². The van der Waals surface area contributed by atoms with Gasteiger partial charge in [0.05, 0.1) is 4.47 Å². The first-order valence-corrected chi connectivity index (χ1v) is 7.03. The largest absolute Gasteiger partial charge is 0.480 e. The van der Waals surface area contributed by atoms with Crippen LogP contribution in [0, 0.1) is 17.5 Å². The minimum atomic E-state index is -1.06. The highest BCUT2D eigenvalue weighted by Crippen LogP contribution is 2.26. The van der Waals surface area contributed by atoms with E-state index in [9.17, 15) is 18.0 Å². The Hall–Kier alpha value is -2.02. The zero-order valence-corrected chi connectivity index (χ0v) is 13.0. The molecule has 1 amide bonds. The fourth-order valence-corrected chi connectivity index (χ4v) is 2.08. The number of benzene rings is 2. The summed E-state index contributed by atoms with van der Waals surface area (Å²) in [6.45, 7) is 1.48. The molecule has 0 aromatic heterocycles. The first kappa shape index (κ1) is 16.4. The van der Waals surface area contributed by atoms with Gasteiger partial charge in [-0.05, 0) is 53.2 Å². The van der Waals surface area contributed by atoms with Gasteiger partial charge >= 0.3 is 0 Å². The first-order valence-electron chi connectivity index (χ1n) is 6.24. The molecule has 0 bridgehead atoms. The lowest BCUT2D eigenvalue weighted by molar-refractivity contribution is -0.122. The molecule has 1 N–H and O–H groups in total. The van der Waals surface area contributed by atoms with Crippen molar-refractivity contribution in [2.75, 3.05) is 5.32 Å². The van der Waals surface area contributed by atoms with Crippen molar-refractivity contribution in [3.8, 4) is 5.75 Å². The number of carbonyl (C=O) groups excluding carboxylic acids is 1. The normalized spacial score (nSPS) is 11.9. The van der Waals surface area contributed by atoms with E-state index in [1.54, 1.807) is 0 Å². The number of carbonyl (C=O) groups is 1. The van der Waals surface area contributed by atoms with Crippen molar-refractivity contribution in [1.82, 2.24) is 0 Å². The maximum Gasteiger partial charge on any atom is 0.265 e. The van der Waals surface area contributed by atoms with Crippen LogP contribution in [-0.2, 0) is 4.79 Å². The smallest absolute Gasteiger partial charge is 0.265 e. The maximum atomic E-state index is 13.1. The van der Waals surface area contributed by atoms with Crippen LogP contribution in [0.1, 0.15) is 6.92 Å². The standard InChI is InChI=1S/C15H11BrF3NO2/c1-8(22-14-5-2-9(17)6-11(14)16)15(21)20-10-3-4-12(18)13(19)7-10/h2-8H,1H3,(H,20,21). The maximum absolute atomic E-state index is 13.1. The summed E-state index contributed by atoms with van der Waals surface area (Å²) in [7, 11) is 0. The molecule has 22 heavy (non-hydrogen) atoms. The average molecular weight is 374 g/mol. The van der Waals surface area contributed by atoms with Gasteiger partial charge in [-0.2, -0.15) is 0 Å². The van der Waals surface area contributed by atoms with Gasteiger partial charge in [0.15, 0.2) is 17.7 Å². The lowest BCUT2D eigenvalue weighted by atomic mass is 10.2. The first-order chi connectivity index (χ1) is 10.4. The second-order valence-corrected chi connectivity index (χ2v) is 5.31. The number of halogens is 4. The molecule has 0 saturated heterocycles. The Balaban J connectivity index is 2.04. The van der Waals surface area contributed by atoms with Crippen LogP contribution in [0.5, 0.6) is 5.75 Å². The molecule has 0 aliphatic rings. The van der Waals surface area contributed by atoms with Crippen LogP contribution < -0.4 is 10.1 Å². The Kier molecular flexibility index (Phi) is 5.07. The highest BCUT2D eigenvalue weighted by atomic mass is 79.9. The van der Waals surface area contributed by atoms with Crippen molar-refractivity contribution in [3.05, 3.63) is 58.3 Å². The molecule has 0 heterocycles. The summed E-state index contributed by atoms with van der Waals surface area (Å²) < 4.78 is 44.6. The van der Waals surface area contributed by atoms with E-state index in [0.717, 1.165) is 12.1 Å². The third-order valence-corrected chi connectivity index (χ3v) is 3.37. The summed E-state index contributed by atoms with van der Waals surface area (Å²) in [6, 6.07) is 6.79. The van der Waals surface area contributed by atoms with Gasteiger partial charge in [0.1, 0.15) is 11.6 Å². The van der Waals surface area contributed by atoms with E-state index in [0.29, 0.717) is 4.47 Å². The van der Waals surface area contributed by atoms with Gasteiger partial charge in [-0.15, -0.1) is 0 Å². The molecule has 0 fully saturated rings. The SMILES string of the molecule is CC(Oc1ccc(F)cc1Br)C(=O)Nc1ccc(F)c(F)c1. The van der Waals surface area contributed by atoms with E-state index < -0.39 is 29.5 Å². The van der Waals surface area contributed by atoms with Gasteiger partial charge in [0.25, 0.3) is 5.91 Å². The molecule has 2 rings (SSSR count). The van der Waals surface area contributed by atoms with Crippen molar-refractivity contribution in [1.29, 1.82) is 0 Å². The second-order valence-electron chi connectivity index (χ2n) is 4.45. The Labute approximate surface area is 133 Å². The van der Waals surface area contributed by atoms with Crippen LogP contribution in [0.15, 0.2) is 40.9 Å². The minimum Gasteiger partial charge on any atom is -0.480 e. The highest BCUT2D eigenvalue weighted by Gasteiger charge is 2.17. The molecule has 3 nitrogen and oxygen atoms in total. The number of amides is 1. The van der Waals surface area contributed by atoms with Crippen LogP contribution in [0.4, 0.5) is 18.9 Å². The predicted molar refractivity (Wildman–Crippen MR) is 79.2 cm³/mol. The van der Waals surface area contributed by atoms with E-state index >= 15 is 0 Å². The molecule has 0 saturated carbocycles. The molecule has 1 atom stereocenters. The van der Waals surface area contributed by atoms with Crippen molar-refractivity contribution in [2.24, 2.45) is 0 Å². The number of rotatable bonds is 4. The monoisotopic (exact) mass is 373 g/mol. The fraction of sp³-hybridized carbons (Fsp3) is 0.133. The summed E-state index contributed by atoms with van der Waals surface area (Å²) in [4.78, 5) is 11.9. The van der Waals surface area contributed by atoms with Crippen molar-refractivity contribution in [2.45, 2.75) is 13.0 Å². The third kappa shape index (κ3) is 4.00. The summed E-state index contributed by atoms with van der Waals surface area (Å²) >= 11 is 3.12. The minimum absolute atomic E-state index is 0.109. The molecule has 0 aliphatic carbocycles. The van der Waals surface area contributed by atoms with E-state index in [1.807, 2.05) is 0 Å². The molecule has 2 aromatic carbocycles. The Morgan fingerprint density at radius 1 is 1.14 bits per heavy atom. The summed E-state index contributed by atoms with van der Waals surface area (Å²) in [5, 5.41) is 2.40. The quantitative estimate of drug-likeness (QED) is 0.868. The third-order valence-electron chi connectivity index (χ3n) is 2.75. The fourth-order valence-electron chi connectivity index (χ4n) is 1.63. The number of ether oxygens (including phenoxy) is 1. The second kappa shape index (κ2) is 6.83. The van der Waals surface area contributed by atoms with Gasteiger partial charge in [-0.25, -0.2) is 13.2 Å². The lowest BCUT2D eigenvalue weighted by Crippen LogP contribution is -2.30. The number of hydrogen-bond acceptors (Lipinski definition) is 2. The Morgan fingerprint density at radius 3 is 2.50 bits per heavy atom. The van der Waals surface area contributed by atoms with Crippen molar-refractivity contribution in [3.63, 3.8) is 0 Å². The Bertz CT molecular complexity index is 709. The van der Waals surface area contributed by atoms with Crippen LogP contribution in [0.25, 0.3) is 0 Å². The van der Waals surface area contributed by atoms with Crippen LogP contribution in [0.3, 0.4) is 0 Å². The average Bonchev–Trinajstić information content (AvgIpc) is 2.45. The molecule has 1 unspecified atom stereocenters. The van der Waals surface area contributed by atoms with Crippen molar-refractivity contribution >= 4 is 27.5 Å². The van der Waals surface area contributed by atoms with Crippen LogP contribution in [0.2, 0.25) is 0 Å². The zero-order chi connectivity index (χ0) is 16.3. The van der Waals surface area contributed by atoms with Gasteiger partial charge < -0.3 is 10.1 Å². The number of hydrogen-bond donors (Lipinski definition) is 1. The molecule has 7 heteroatoms. The lowest BCUT2D eigenvalue weighted by Gasteiger charge is -2.16. The molecule has 2 aromatic rings. The summed E-state index contributed by atoms with van der Waals surface area (Å²) in [5.41, 5.74) is 0.109. The molecule has 0 spiro atoms. The van der Waals surface area contributed by atoms with Crippen LogP contribution in [-0.4, -0.2) is 12.0 Å². The molecular formula is C15H11BrF3NO2. The van der Waals surface area contributed by atoms with E-state index in [4.69, 9.17) is 4.74 Å². The number of anilines is 1. The summed E-state index contributed by atoms with van der Waals surface area (Å²) in [5.74, 6) is -2.78. The Morgan fingerprint density at radius 2 is 1.86 bits per heavy atom. The predicted octanol–water partition coefficient (Wildman–Crippen LogP) is 4.27. The van der Waals surface area contributed by atoms with Gasteiger partial charge in [-0.3, -0.25) is 4.79 Å². The van der Waals surface area contributed by atoms with E-state index in [1.165, 1.54) is 31.2 Å². The number of nitrogens with one attached hydrogen (secondary N) is 1. The molecule has 0 radical (unpaired) electrons.